The molecule has 0 unspecified atom stereocenters. The van der Waals surface area contributed by atoms with Crippen molar-refractivity contribution >= 4 is 33.0 Å². The highest BCUT2D eigenvalue weighted by molar-refractivity contribution is 7.23. The van der Waals surface area contributed by atoms with E-state index < -0.39 is 0 Å². The van der Waals surface area contributed by atoms with Crippen LogP contribution in [-0.2, 0) is 6.61 Å². The van der Waals surface area contributed by atoms with Crippen molar-refractivity contribution in [1.82, 2.24) is 0 Å². The standard InChI is InChI=1S/C9H7ClO2S/c10-9-6(4-11)5-2-1-3-7(12)8(5)13-9/h1-3,11-12H,4H2. The summed E-state index contributed by atoms with van der Waals surface area (Å²) < 4.78 is 1.27. The zero-order valence-electron chi connectivity index (χ0n) is 6.62. The molecule has 0 amide bonds. The van der Waals surface area contributed by atoms with Gasteiger partial charge < -0.3 is 10.2 Å². The number of thiophene rings is 1. The Labute approximate surface area is 84.0 Å². The van der Waals surface area contributed by atoms with Crippen molar-refractivity contribution in [3.05, 3.63) is 28.1 Å². The van der Waals surface area contributed by atoms with Crippen LogP contribution in [-0.4, -0.2) is 10.2 Å². The van der Waals surface area contributed by atoms with Crippen LogP contribution in [0.5, 0.6) is 5.75 Å². The Morgan fingerprint density at radius 1 is 1.38 bits per heavy atom. The number of hydrogen-bond acceptors (Lipinski definition) is 3. The fourth-order valence-corrected chi connectivity index (χ4v) is 2.62. The minimum absolute atomic E-state index is 0.0950. The maximum absolute atomic E-state index is 9.47. The Morgan fingerprint density at radius 3 is 2.85 bits per heavy atom. The van der Waals surface area contributed by atoms with Crippen LogP contribution in [0.1, 0.15) is 5.56 Å². The van der Waals surface area contributed by atoms with Gasteiger partial charge in [0.1, 0.15) is 5.75 Å². The van der Waals surface area contributed by atoms with Gasteiger partial charge in [0.25, 0.3) is 0 Å². The molecule has 2 rings (SSSR count). The molecule has 1 heterocycles. The van der Waals surface area contributed by atoms with E-state index >= 15 is 0 Å². The summed E-state index contributed by atoms with van der Waals surface area (Å²) in [6.45, 7) is -0.0950. The summed E-state index contributed by atoms with van der Waals surface area (Å²) in [5, 5.41) is 19.3. The van der Waals surface area contributed by atoms with Crippen molar-refractivity contribution in [3.8, 4) is 5.75 Å². The highest BCUT2D eigenvalue weighted by Gasteiger charge is 2.11. The van der Waals surface area contributed by atoms with Crippen molar-refractivity contribution in [2.24, 2.45) is 0 Å². The first-order valence-electron chi connectivity index (χ1n) is 3.73. The van der Waals surface area contributed by atoms with Crippen LogP contribution in [0.4, 0.5) is 0 Å². The van der Waals surface area contributed by atoms with Crippen LogP contribution >= 0.6 is 22.9 Å². The number of aliphatic hydroxyl groups excluding tert-OH is 1. The smallest absolute Gasteiger partial charge is 0.133 e. The van der Waals surface area contributed by atoms with E-state index in [9.17, 15) is 5.11 Å². The molecule has 0 aliphatic rings. The molecule has 0 aliphatic carbocycles. The largest absolute Gasteiger partial charge is 0.506 e. The number of phenols is 1. The highest BCUT2D eigenvalue weighted by atomic mass is 35.5. The first-order chi connectivity index (χ1) is 6.24. The van der Waals surface area contributed by atoms with Gasteiger partial charge in [0.2, 0.25) is 0 Å². The van der Waals surface area contributed by atoms with Gasteiger partial charge in [-0.15, -0.1) is 11.3 Å². The lowest BCUT2D eigenvalue weighted by molar-refractivity contribution is 0.284. The predicted molar refractivity (Wildman–Crippen MR) is 54.4 cm³/mol. The Balaban J connectivity index is 2.86. The quantitative estimate of drug-likeness (QED) is 0.767. The number of aromatic hydroxyl groups is 1. The lowest BCUT2D eigenvalue weighted by Gasteiger charge is -1.95. The van der Waals surface area contributed by atoms with Gasteiger partial charge in [-0.25, -0.2) is 0 Å². The van der Waals surface area contributed by atoms with Crippen LogP contribution in [0.15, 0.2) is 18.2 Å². The lowest BCUT2D eigenvalue weighted by Crippen LogP contribution is -1.79. The van der Waals surface area contributed by atoms with Crippen LogP contribution < -0.4 is 0 Å². The molecule has 4 heteroatoms. The maximum atomic E-state index is 9.47. The van der Waals surface area contributed by atoms with Gasteiger partial charge >= 0.3 is 0 Å². The number of benzene rings is 1. The van der Waals surface area contributed by atoms with Gasteiger partial charge in [-0.1, -0.05) is 23.7 Å². The summed E-state index contributed by atoms with van der Waals surface area (Å²) >= 11 is 7.17. The molecule has 1 aromatic carbocycles. The summed E-state index contributed by atoms with van der Waals surface area (Å²) in [5.74, 6) is 0.212. The van der Waals surface area contributed by atoms with Crippen molar-refractivity contribution in [3.63, 3.8) is 0 Å². The zero-order chi connectivity index (χ0) is 9.42. The van der Waals surface area contributed by atoms with E-state index in [1.54, 1.807) is 12.1 Å². The van der Waals surface area contributed by atoms with E-state index in [4.69, 9.17) is 16.7 Å². The molecule has 2 N–H and O–H groups in total. The van der Waals surface area contributed by atoms with E-state index in [1.165, 1.54) is 11.3 Å². The van der Waals surface area contributed by atoms with Gasteiger partial charge in [-0.2, -0.15) is 0 Å². The van der Waals surface area contributed by atoms with Crippen molar-refractivity contribution in [1.29, 1.82) is 0 Å². The van der Waals surface area contributed by atoms with E-state index in [0.717, 1.165) is 10.1 Å². The topological polar surface area (TPSA) is 40.5 Å². The van der Waals surface area contributed by atoms with Gasteiger partial charge in [0.15, 0.2) is 0 Å². The van der Waals surface area contributed by atoms with Crippen molar-refractivity contribution in [2.75, 3.05) is 0 Å². The second-order valence-electron chi connectivity index (χ2n) is 2.67. The minimum atomic E-state index is -0.0950. The first-order valence-corrected chi connectivity index (χ1v) is 4.93. The maximum Gasteiger partial charge on any atom is 0.133 e. The van der Waals surface area contributed by atoms with Crippen molar-refractivity contribution < 1.29 is 10.2 Å². The van der Waals surface area contributed by atoms with E-state index in [-0.39, 0.29) is 12.4 Å². The molecule has 2 nitrogen and oxygen atoms in total. The van der Waals surface area contributed by atoms with Crippen LogP contribution in [0.2, 0.25) is 4.34 Å². The summed E-state index contributed by atoms with van der Waals surface area (Å²) in [6.07, 6.45) is 0. The molecular formula is C9H7ClO2S. The third-order valence-electron chi connectivity index (χ3n) is 1.91. The third-order valence-corrected chi connectivity index (χ3v) is 3.42. The molecule has 0 fully saturated rings. The summed E-state index contributed by atoms with van der Waals surface area (Å²) in [7, 11) is 0. The Bertz CT molecular complexity index is 450. The Kier molecular flexibility index (Phi) is 2.15. The molecule has 1 aromatic heterocycles. The lowest BCUT2D eigenvalue weighted by atomic mass is 10.2. The number of fused-ring (bicyclic) bond motifs is 1. The fourth-order valence-electron chi connectivity index (χ4n) is 1.27. The number of rotatable bonds is 1. The average molecular weight is 215 g/mol. The SMILES string of the molecule is OCc1c(Cl)sc2c(O)cccc12. The molecule has 68 valence electrons. The normalized spacial score (nSPS) is 10.9. The number of halogens is 1. The van der Waals surface area contributed by atoms with Gasteiger partial charge in [-0.05, 0) is 6.07 Å². The zero-order valence-corrected chi connectivity index (χ0v) is 8.19. The summed E-state index contributed by atoms with van der Waals surface area (Å²) in [5.41, 5.74) is 0.692. The van der Waals surface area contributed by atoms with E-state index in [0.29, 0.717) is 9.90 Å². The van der Waals surface area contributed by atoms with Crippen LogP contribution in [0.25, 0.3) is 10.1 Å². The van der Waals surface area contributed by atoms with Crippen LogP contribution in [0.3, 0.4) is 0 Å². The van der Waals surface area contributed by atoms with Crippen molar-refractivity contribution in [2.45, 2.75) is 6.61 Å². The number of phenolic OH excluding ortho intramolecular Hbond substituents is 1. The molecule has 13 heavy (non-hydrogen) atoms. The molecule has 0 saturated carbocycles. The highest BCUT2D eigenvalue weighted by Crippen LogP contribution is 2.39. The van der Waals surface area contributed by atoms with E-state index in [2.05, 4.69) is 0 Å². The number of aliphatic hydroxyl groups is 1. The molecule has 0 aliphatic heterocycles. The van der Waals surface area contributed by atoms with Gasteiger partial charge in [-0.3, -0.25) is 0 Å². The molecular weight excluding hydrogens is 208 g/mol. The Morgan fingerprint density at radius 2 is 2.15 bits per heavy atom. The summed E-state index contributed by atoms with van der Waals surface area (Å²) in [6, 6.07) is 5.18. The summed E-state index contributed by atoms with van der Waals surface area (Å²) in [4.78, 5) is 0. The molecule has 2 aromatic rings. The average Bonchev–Trinajstić information content (AvgIpc) is 2.43. The third kappa shape index (κ3) is 1.29. The molecule has 0 bridgehead atoms. The fraction of sp³-hybridized carbons (Fsp3) is 0.111. The minimum Gasteiger partial charge on any atom is -0.506 e. The second-order valence-corrected chi connectivity index (χ2v) is 4.29. The predicted octanol–water partition coefficient (Wildman–Crippen LogP) is 2.75. The van der Waals surface area contributed by atoms with E-state index in [1.807, 2.05) is 6.07 Å². The number of hydrogen-bond donors (Lipinski definition) is 2. The molecule has 0 radical (unpaired) electrons. The first kappa shape index (κ1) is 8.81. The molecule has 0 spiro atoms. The molecule has 0 atom stereocenters. The van der Waals surface area contributed by atoms with Crippen LogP contribution in [0, 0.1) is 0 Å². The van der Waals surface area contributed by atoms with Gasteiger partial charge in [0, 0.05) is 10.9 Å². The Hall–Kier alpha value is -0.770. The molecule has 0 saturated heterocycles. The second kappa shape index (κ2) is 3.18. The van der Waals surface area contributed by atoms with Gasteiger partial charge in [0.05, 0.1) is 15.6 Å². The monoisotopic (exact) mass is 214 g/mol.